The van der Waals surface area contributed by atoms with Crippen molar-refractivity contribution in [3.8, 4) is 6.07 Å². The quantitative estimate of drug-likeness (QED) is 0.870. The van der Waals surface area contributed by atoms with Gasteiger partial charge in [0.2, 0.25) is 0 Å². The van der Waals surface area contributed by atoms with Crippen LogP contribution in [0.15, 0.2) is 10.4 Å². The standard InChI is InChI=1S/C16H24N4S/c1-11-10-21-14(19-11)12(8-17)9-18-13-6-15(2,3)20-16(4,5)7-13/h9-10,12-13,20H,6-7H2,1-5H3/t12-/m1/s1. The molecular formula is C16H24N4S. The predicted molar refractivity (Wildman–Crippen MR) is 88.0 cm³/mol. The van der Waals surface area contributed by atoms with E-state index in [4.69, 9.17) is 4.99 Å². The first-order valence-corrected chi connectivity index (χ1v) is 8.23. The maximum Gasteiger partial charge on any atom is 0.133 e. The number of hydrogen-bond acceptors (Lipinski definition) is 5. The summed E-state index contributed by atoms with van der Waals surface area (Å²) in [4.78, 5) is 9.11. The molecule has 1 aromatic heterocycles. The minimum Gasteiger partial charge on any atom is -0.307 e. The molecule has 0 unspecified atom stereocenters. The Morgan fingerprint density at radius 2 is 2.05 bits per heavy atom. The molecule has 1 aliphatic rings. The highest BCUT2D eigenvalue weighted by molar-refractivity contribution is 7.09. The second-order valence-corrected chi connectivity index (χ2v) is 8.08. The Kier molecular flexibility index (Phi) is 4.50. The van der Waals surface area contributed by atoms with Crippen LogP contribution in [0.25, 0.3) is 0 Å². The molecule has 4 nitrogen and oxygen atoms in total. The summed E-state index contributed by atoms with van der Waals surface area (Å²) in [6, 6.07) is 2.55. The highest BCUT2D eigenvalue weighted by Gasteiger charge is 2.37. The molecule has 0 aliphatic carbocycles. The van der Waals surface area contributed by atoms with Gasteiger partial charge in [-0.15, -0.1) is 11.3 Å². The van der Waals surface area contributed by atoms with Gasteiger partial charge in [0.15, 0.2) is 0 Å². The van der Waals surface area contributed by atoms with Crippen molar-refractivity contribution >= 4 is 17.6 Å². The van der Waals surface area contributed by atoms with E-state index in [2.05, 4.69) is 44.1 Å². The lowest BCUT2D eigenvalue weighted by atomic mass is 9.80. The van der Waals surface area contributed by atoms with Crippen molar-refractivity contribution in [2.24, 2.45) is 4.99 Å². The molecule has 2 rings (SSSR count). The third-order valence-corrected chi connectivity index (χ3v) is 4.70. The van der Waals surface area contributed by atoms with Gasteiger partial charge in [0, 0.05) is 28.4 Å². The molecule has 1 fully saturated rings. The number of thiazole rings is 1. The molecule has 1 atom stereocenters. The summed E-state index contributed by atoms with van der Waals surface area (Å²) in [6.07, 6.45) is 3.77. The van der Waals surface area contributed by atoms with Crippen LogP contribution in [0.4, 0.5) is 0 Å². The first-order chi connectivity index (χ1) is 9.71. The predicted octanol–water partition coefficient (Wildman–Crippen LogP) is 3.44. The minimum absolute atomic E-state index is 0.0731. The van der Waals surface area contributed by atoms with Gasteiger partial charge in [-0.25, -0.2) is 4.98 Å². The molecule has 0 amide bonds. The van der Waals surface area contributed by atoms with Crippen LogP contribution in [0.5, 0.6) is 0 Å². The van der Waals surface area contributed by atoms with E-state index in [1.54, 1.807) is 6.21 Å². The Bertz CT molecular complexity index is 549. The summed E-state index contributed by atoms with van der Waals surface area (Å²) in [5.41, 5.74) is 1.11. The number of aromatic nitrogens is 1. The molecule has 114 valence electrons. The Labute approximate surface area is 131 Å². The Morgan fingerprint density at radius 3 is 2.52 bits per heavy atom. The normalized spacial score (nSPS) is 23.0. The molecule has 0 spiro atoms. The van der Waals surface area contributed by atoms with Gasteiger partial charge in [0.05, 0.1) is 12.1 Å². The van der Waals surface area contributed by atoms with E-state index in [0.717, 1.165) is 23.5 Å². The number of nitriles is 1. The maximum atomic E-state index is 9.34. The zero-order valence-electron chi connectivity index (χ0n) is 13.5. The van der Waals surface area contributed by atoms with Gasteiger partial charge >= 0.3 is 0 Å². The van der Waals surface area contributed by atoms with Gasteiger partial charge in [-0.1, -0.05) is 0 Å². The monoisotopic (exact) mass is 304 g/mol. The summed E-state index contributed by atoms with van der Waals surface area (Å²) in [5.74, 6) is -0.329. The highest BCUT2D eigenvalue weighted by atomic mass is 32.1. The summed E-state index contributed by atoms with van der Waals surface area (Å²) < 4.78 is 0. The van der Waals surface area contributed by atoms with Crippen molar-refractivity contribution in [1.82, 2.24) is 10.3 Å². The van der Waals surface area contributed by atoms with Gasteiger partial charge in [0.25, 0.3) is 0 Å². The molecule has 0 aromatic carbocycles. The number of piperidine rings is 1. The molecule has 1 N–H and O–H groups in total. The first kappa shape index (κ1) is 16.1. The Morgan fingerprint density at radius 1 is 1.43 bits per heavy atom. The lowest BCUT2D eigenvalue weighted by Crippen LogP contribution is -2.58. The molecule has 5 heteroatoms. The molecule has 0 bridgehead atoms. The van der Waals surface area contributed by atoms with Crippen LogP contribution in [-0.2, 0) is 0 Å². The van der Waals surface area contributed by atoms with Crippen LogP contribution >= 0.6 is 11.3 Å². The fraction of sp³-hybridized carbons (Fsp3) is 0.688. The van der Waals surface area contributed by atoms with E-state index in [0.29, 0.717) is 0 Å². The van der Waals surface area contributed by atoms with Gasteiger partial charge in [-0.2, -0.15) is 5.26 Å². The van der Waals surface area contributed by atoms with Crippen molar-refractivity contribution in [2.45, 2.75) is 70.5 Å². The summed E-state index contributed by atoms with van der Waals surface area (Å²) in [7, 11) is 0. The molecule has 0 radical (unpaired) electrons. The number of hydrogen-bond donors (Lipinski definition) is 1. The average Bonchev–Trinajstić information content (AvgIpc) is 2.72. The zero-order valence-corrected chi connectivity index (χ0v) is 14.3. The lowest BCUT2D eigenvalue weighted by molar-refractivity contribution is 0.164. The van der Waals surface area contributed by atoms with Gasteiger partial charge in [-0.05, 0) is 47.5 Å². The number of nitrogens with one attached hydrogen (secondary N) is 1. The van der Waals surface area contributed by atoms with Crippen LogP contribution in [0.1, 0.15) is 57.2 Å². The van der Waals surface area contributed by atoms with E-state index < -0.39 is 0 Å². The fourth-order valence-electron chi connectivity index (χ4n) is 3.25. The number of aryl methyl sites for hydroxylation is 1. The van der Waals surface area contributed by atoms with E-state index in [-0.39, 0.29) is 23.0 Å². The first-order valence-electron chi connectivity index (χ1n) is 7.35. The molecule has 0 saturated carbocycles. The SMILES string of the molecule is Cc1csc([C@H](C#N)C=NC2CC(C)(C)NC(C)(C)C2)n1. The van der Waals surface area contributed by atoms with Crippen molar-refractivity contribution in [2.75, 3.05) is 0 Å². The van der Waals surface area contributed by atoms with Crippen molar-refractivity contribution in [3.63, 3.8) is 0 Å². The van der Waals surface area contributed by atoms with Crippen LogP contribution in [0.3, 0.4) is 0 Å². The average molecular weight is 304 g/mol. The molecule has 21 heavy (non-hydrogen) atoms. The van der Waals surface area contributed by atoms with E-state index in [1.807, 2.05) is 12.3 Å². The highest BCUT2D eigenvalue weighted by Crippen LogP contribution is 2.30. The fourth-order valence-corrected chi connectivity index (χ4v) is 4.05. The van der Waals surface area contributed by atoms with Gasteiger partial charge in [0.1, 0.15) is 10.9 Å². The maximum absolute atomic E-state index is 9.34. The summed E-state index contributed by atoms with van der Waals surface area (Å²) in [6.45, 7) is 10.8. The van der Waals surface area contributed by atoms with Crippen LogP contribution < -0.4 is 5.32 Å². The Hall–Kier alpha value is -1.25. The topological polar surface area (TPSA) is 61.1 Å². The zero-order chi connectivity index (χ0) is 15.7. The van der Waals surface area contributed by atoms with Crippen LogP contribution in [0.2, 0.25) is 0 Å². The van der Waals surface area contributed by atoms with Crippen LogP contribution in [-0.4, -0.2) is 28.3 Å². The summed E-state index contributed by atoms with van der Waals surface area (Å²) in [5, 5.41) is 15.8. The molecule has 2 heterocycles. The molecule has 1 saturated heterocycles. The van der Waals surface area contributed by atoms with E-state index >= 15 is 0 Å². The second-order valence-electron chi connectivity index (χ2n) is 7.19. The van der Waals surface area contributed by atoms with Crippen LogP contribution in [0, 0.1) is 18.3 Å². The third kappa shape index (κ3) is 4.36. The summed E-state index contributed by atoms with van der Waals surface area (Å²) >= 11 is 1.53. The molecule has 1 aromatic rings. The largest absolute Gasteiger partial charge is 0.307 e. The van der Waals surface area contributed by atoms with Crippen molar-refractivity contribution < 1.29 is 0 Å². The molecule has 1 aliphatic heterocycles. The van der Waals surface area contributed by atoms with Crippen molar-refractivity contribution in [1.29, 1.82) is 5.26 Å². The smallest absolute Gasteiger partial charge is 0.133 e. The molecular weight excluding hydrogens is 280 g/mol. The van der Waals surface area contributed by atoms with Gasteiger partial charge < -0.3 is 5.32 Å². The number of aliphatic imine (C=N–C) groups is 1. The van der Waals surface area contributed by atoms with E-state index in [9.17, 15) is 5.26 Å². The van der Waals surface area contributed by atoms with Gasteiger partial charge in [-0.3, -0.25) is 4.99 Å². The third-order valence-electron chi connectivity index (χ3n) is 3.66. The number of nitrogens with zero attached hydrogens (tertiary/aromatic N) is 3. The van der Waals surface area contributed by atoms with Crippen molar-refractivity contribution in [3.05, 3.63) is 16.1 Å². The van der Waals surface area contributed by atoms with E-state index in [1.165, 1.54) is 11.3 Å². The minimum atomic E-state index is -0.329. The number of rotatable bonds is 3. The lowest BCUT2D eigenvalue weighted by Gasteiger charge is -2.45. The Balaban J connectivity index is 2.10. The second kappa shape index (κ2) is 5.86.